The van der Waals surface area contributed by atoms with Crippen molar-refractivity contribution in [2.75, 3.05) is 24.6 Å². The van der Waals surface area contributed by atoms with Gasteiger partial charge in [-0.25, -0.2) is 8.42 Å². The van der Waals surface area contributed by atoms with E-state index in [-0.39, 0.29) is 28.7 Å². The summed E-state index contributed by atoms with van der Waals surface area (Å²) in [6.45, 7) is 1.30. The third-order valence-electron chi connectivity index (χ3n) is 4.45. The second-order valence-corrected chi connectivity index (χ2v) is 10.2. The van der Waals surface area contributed by atoms with Crippen LogP contribution >= 0.6 is 35.7 Å². The highest BCUT2D eigenvalue weighted by molar-refractivity contribution is 14.0. The predicted octanol–water partition coefficient (Wildman–Crippen LogP) is 3.67. The van der Waals surface area contributed by atoms with Gasteiger partial charge in [-0.2, -0.15) is 0 Å². The molecule has 1 aliphatic rings. The molecule has 0 atom stereocenters. The monoisotopic (exact) mass is 546 g/mol. The smallest absolute Gasteiger partial charge is 0.229 e. The molecule has 0 bridgehead atoms. The number of nitrogens with zero attached hydrogens (tertiary/aromatic N) is 1. The van der Waals surface area contributed by atoms with Gasteiger partial charge in [0, 0.05) is 29.8 Å². The molecule has 9 heteroatoms. The Bertz CT molecular complexity index is 933. The Kier molecular flexibility index (Phi) is 8.65. The van der Waals surface area contributed by atoms with Gasteiger partial charge in [0.2, 0.25) is 10.0 Å². The summed E-state index contributed by atoms with van der Waals surface area (Å²) in [7, 11) is -1.59. The van der Waals surface area contributed by atoms with Gasteiger partial charge in [0.25, 0.3) is 0 Å². The molecule has 0 spiro atoms. The van der Waals surface area contributed by atoms with E-state index >= 15 is 0 Å². The third kappa shape index (κ3) is 7.71. The van der Waals surface area contributed by atoms with Crippen molar-refractivity contribution in [1.82, 2.24) is 10.6 Å². The Morgan fingerprint density at radius 3 is 2.34 bits per heavy atom. The number of halogens is 1. The first-order chi connectivity index (χ1) is 13.4. The maximum atomic E-state index is 11.5. The van der Waals surface area contributed by atoms with Crippen molar-refractivity contribution in [1.29, 1.82) is 0 Å². The number of nitrogens with one attached hydrogen (secondary N) is 3. The van der Waals surface area contributed by atoms with Gasteiger partial charge < -0.3 is 10.6 Å². The van der Waals surface area contributed by atoms with E-state index in [2.05, 4.69) is 44.6 Å². The number of anilines is 1. The van der Waals surface area contributed by atoms with Crippen molar-refractivity contribution in [2.24, 2.45) is 4.99 Å². The molecule has 29 heavy (non-hydrogen) atoms. The summed E-state index contributed by atoms with van der Waals surface area (Å²) < 4.78 is 25.9. The largest absolute Gasteiger partial charge is 0.355 e. The van der Waals surface area contributed by atoms with Crippen LogP contribution in [-0.4, -0.2) is 39.0 Å². The molecule has 1 aliphatic carbocycles. The molecule has 0 radical (unpaired) electrons. The average molecular weight is 547 g/mol. The van der Waals surface area contributed by atoms with Gasteiger partial charge in [-0.15, -0.1) is 35.7 Å². The van der Waals surface area contributed by atoms with Crippen LogP contribution in [0.15, 0.2) is 64.5 Å². The lowest BCUT2D eigenvalue weighted by molar-refractivity contribution is 0.606. The summed E-state index contributed by atoms with van der Waals surface area (Å²) >= 11 is 1.91. The van der Waals surface area contributed by atoms with Crippen LogP contribution in [0.2, 0.25) is 0 Å². The normalized spacial score (nSPS) is 15.2. The summed E-state index contributed by atoms with van der Waals surface area (Å²) in [5.74, 6) is 0.703. The Labute approximate surface area is 194 Å². The van der Waals surface area contributed by atoms with E-state index in [9.17, 15) is 8.42 Å². The second-order valence-electron chi connectivity index (χ2n) is 6.91. The van der Waals surface area contributed by atoms with E-state index in [0.717, 1.165) is 18.4 Å². The maximum absolute atomic E-state index is 11.5. The summed E-state index contributed by atoms with van der Waals surface area (Å²) in [4.78, 5) is 5.57. The fourth-order valence-corrected chi connectivity index (χ4v) is 4.65. The number of guanidine groups is 1. The van der Waals surface area contributed by atoms with Crippen LogP contribution in [0.4, 0.5) is 5.69 Å². The highest BCUT2D eigenvalue weighted by Gasteiger charge is 2.43. The minimum atomic E-state index is -3.32. The van der Waals surface area contributed by atoms with Crippen molar-refractivity contribution in [3.63, 3.8) is 0 Å². The summed E-state index contributed by atoms with van der Waals surface area (Å²) in [5.41, 5.74) is 1.43. The van der Waals surface area contributed by atoms with Crippen LogP contribution < -0.4 is 15.4 Å². The number of hydrogen-bond acceptors (Lipinski definition) is 4. The van der Waals surface area contributed by atoms with E-state index in [1.54, 1.807) is 13.1 Å². The fraction of sp³-hybridized carbons (Fsp3) is 0.350. The van der Waals surface area contributed by atoms with Gasteiger partial charge in [-0.1, -0.05) is 36.4 Å². The Balaban J connectivity index is 0.00000300. The molecule has 3 N–H and O–H groups in total. The molecular formula is C20H27IN4O2S2. The van der Waals surface area contributed by atoms with Gasteiger partial charge in [-0.3, -0.25) is 9.71 Å². The summed E-state index contributed by atoms with van der Waals surface area (Å²) in [6, 6.07) is 17.8. The minimum Gasteiger partial charge on any atom is -0.355 e. The maximum Gasteiger partial charge on any atom is 0.229 e. The van der Waals surface area contributed by atoms with Crippen molar-refractivity contribution < 1.29 is 8.42 Å². The third-order valence-corrected chi connectivity index (χ3v) is 6.53. The predicted molar refractivity (Wildman–Crippen MR) is 133 cm³/mol. The van der Waals surface area contributed by atoms with Crippen LogP contribution in [0.3, 0.4) is 0 Å². The highest BCUT2D eigenvalue weighted by atomic mass is 127. The van der Waals surface area contributed by atoms with Crippen molar-refractivity contribution in [3.05, 3.63) is 60.2 Å². The lowest BCUT2D eigenvalue weighted by Crippen LogP contribution is -2.40. The standard InChI is InChI=1S/C20H26N4O2S2.HI/c1-21-19(22-14-16-8-6-7-11-18(16)24-28(2,25)26)23-15-20(12-13-20)27-17-9-4-3-5-10-17;/h3-11,24H,12-15H2,1-2H3,(H2,21,22,23);1H. The number of sulfonamides is 1. The van der Waals surface area contributed by atoms with Crippen molar-refractivity contribution in [2.45, 2.75) is 29.0 Å². The molecule has 3 rings (SSSR count). The molecule has 0 heterocycles. The zero-order chi connectivity index (χ0) is 20.0. The lowest BCUT2D eigenvalue weighted by atomic mass is 10.2. The van der Waals surface area contributed by atoms with E-state index < -0.39 is 10.0 Å². The van der Waals surface area contributed by atoms with E-state index in [0.29, 0.717) is 18.2 Å². The van der Waals surface area contributed by atoms with Gasteiger partial charge in [0.05, 0.1) is 11.9 Å². The molecule has 6 nitrogen and oxygen atoms in total. The van der Waals surface area contributed by atoms with Crippen LogP contribution in [-0.2, 0) is 16.6 Å². The fourth-order valence-electron chi connectivity index (χ4n) is 2.81. The topological polar surface area (TPSA) is 82.6 Å². The second kappa shape index (κ2) is 10.5. The Morgan fingerprint density at radius 1 is 1.07 bits per heavy atom. The molecule has 2 aromatic carbocycles. The van der Waals surface area contributed by atoms with E-state index in [4.69, 9.17) is 0 Å². The van der Waals surface area contributed by atoms with Gasteiger partial charge in [-0.05, 0) is 36.6 Å². The first-order valence-corrected chi connectivity index (χ1v) is 11.8. The molecule has 0 amide bonds. The van der Waals surface area contributed by atoms with E-state index in [1.165, 1.54) is 17.7 Å². The summed E-state index contributed by atoms with van der Waals surface area (Å²) in [5, 5.41) is 6.68. The number of rotatable bonds is 8. The minimum absolute atomic E-state index is 0. The quantitative estimate of drug-likeness (QED) is 0.268. The molecule has 1 fully saturated rings. The molecule has 0 unspecified atom stereocenters. The van der Waals surface area contributed by atoms with Crippen LogP contribution in [0.5, 0.6) is 0 Å². The molecule has 0 saturated heterocycles. The zero-order valence-electron chi connectivity index (χ0n) is 16.5. The average Bonchev–Trinajstić information content (AvgIpc) is 3.42. The van der Waals surface area contributed by atoms with Gasteiger partial charge in [0.1, 0.15) is 0 Å². The molecule has 0 aromatic heterocycles. The first kappa shape index (κ1) is 23.8. The molecule has 158 valence electrons. The Morgan fingerprint density at radius 2 is 1.72 bits per heavy atom. The van der Waals surface area contributed by atoms with Crippen LogP contribution in [0, 0.1) is 0 Å². The number of thioether (sulfide) groups is 1. The SMILES string of the molecule is CN=C(NCc1ccccc1NS(C)(=O)=O)NCC1(Sc2ccccc2)CC1.I. The molecule has 0 aliphatic heterocycles. The molecular weight excluding hydrogens is 519 g/mol. The van der Waals surface area contributed by atoms with E-state index in [1.807, 2.05) is 36.0 Å². The number of para-hydroxylation sites is 1. The van der Waals surface area contributed by atoms with Gasteiger partial charge in [0.15, 0.2) is 5.96 Å². The number of hydrogen-bond donors (Lipinski definition) is 3. The zero-order valence-corrected chi connectivity index (χ0v) is 20.5. The summed E-state index contributed by atoms with van der Waals surface area (Å²) in [6.07, 6.45) is 3.51. The van der Waals surface area contributed by atoms with Crippen molar-refractivity contribution >= 4 is 57.4 Å². The lowest BCUT2D eigenvalue weighted by Gasteiger charge is -2.19. The van der Waals surface area contributed by atoms with Gasteiger partial charge >= 0.3 is 0 Å². The van der Waals surface area contributed by atoms with Crippen LogP contribution in [0.1, 0.15) is 18.4 Å². The molecule has 2 aromatic rings. The molecule has 1 saturated carbocycles. The first-order valence-electron chi connectivity index (χ1n) is 9.13. The number of aliphatic imine (C=N–C) groups is 1. The Hall–Kier alpha value is -1.46. The van der Waals surface area contributed by atoms with Crippen molar-refractivity contribution in [3.8, 4) is 0 Å². The highest BCUT2D eigenvalue weighted by Crippen LogP contribution is 2.51. The number of benzene rings is 2. The van der Waals surface area contributed by atoms with Crippen LogP contribution in [0.25, 0.3) is 0 Å².